The molecular weight excluding hydrogens is 472 g/mol. The molecule has 1 saturated heterocycles. The number of aromatic nitrogens is 2. The third-order valence-electron chi connectivity index (χ3n) is 5.77. The summed E-state index contributed by atoms with van der Waals surface area (Å²) in [6.07, 6.45) is 1.92. The maximum atomic E-state index is 12.6. The molecule has 0 saturated carbocycles. The van der Waals surface area contributed by atoms with Crippen molar-refractivity contribution in [3.63, 3.8) is 0 Å². The van der Waals surface area contributed by atoms with Gasteiger partial charge in [0.1, 0.15) is 5.69 Å². The van der Waals surface area contributed by atoms with E-state index in [2.05, 4.69) is 42.5 Å². The van der Waals surface area contributed by atoms with Gasteiger partial charge in [0.25, 0.3) is 5.91 Å². The third-order valence-corrected chi connectivity index (χ3v) is 8.13. The van der Waals surface area contributed by atoms with Crippen LogP contribution in [0.2, 0.25) is 0 Å². The van der Waals surface area contributed by atoms with Gasteiger partial charge in [-0.3, -0.25) is 10.1 Å². The summed E-state index contributed by atoms with van der Waals surface area (Å²) in [5.41, 5.74) is 3.55. The first kappa shape index (κ1) is 23.6. The second-order valence-corrected chi connectivity index (χ2v) is 10.8. The number of aryl methyl sites for hydroxylation is 2. The van der Waals surface area contributed by atoms with Crippen LogP contribution in [0.25, 0.3) is 0 Å². The van der Waals surface area contributed by atoms with Gasteiger partial charge in [-0.15, -0.1) is 22.7 Å². The number of hydrogen-bond acceptors (Lipinski definition) is 7. The minimum atomic E-state index is -0.200. The molecule has 10 heteroatoms. The average molecular weight is 501 g/mol. The van der Waals surface area contributed by atoms with Crippen molar-refractivity contribution in [2.45, 2.75) is 32.6 Å². The first-order valence-electron chi connectivity index (χ1n) is 10.8. The molecule has 1 amide bonds. The zero-order valence-electron chi connectivity index (χ0n) is 19.2. The minimum Gasteiger partial charge on any atom is -0.378 e. The van der Waals surface area contributed by atoms with E-state index >= 15 is 0 Å². The second-order valence-electron chi connectivity index (χ2n) is 8.32. The number of amides is 1. The highest BCUT2D eigenvalue weighted by molar-refractivity contribution is 7.80. The first-order chi connectivity index (χ1) is 15.8. The summed E-state index contributed by atoms with van der Waals surface area (Å²) in [5.74, 6) is 0.147. The number of rotatable bonds is 5. The first-order valence-corrected chi connectivity index (χ1v) is 12.9. The van der Waals surface area contributed by atoms with Crippen molar-refractivity contribution in [3.8, 4) is 0 Å². The second kappa shape index (κ2) is 10.1. The molecule has 174 valence electrons. The summed E-state index contributed by atoms with van der Waals surface area (Å²) in [6.45, 7) is 5.67. The minimum absolute atomic E-state index is 0.200. The van der Waals surface area contributed by atoms with Crippen LogP contribution in [0.5, 0.6) is 0 Å². The number of benzene rings is 1. The van der Waals surface area contributed by atoms with Gasteiger partial charge in [-0.2, -0.15) is 0 Å². The number of anilines is 3. The number of thiazole rings is 2. The van der Waals surface area contributed by atoms with E-state index in [1.807, 2.05) is 45.5 Å². The summed E-state index contributed by atoms with van der Waals surface area (Å²) >= 11 is 8.68. The Labute approximate surface area is 207 Å². The van der Waals surface area contributed by atoms with E-state index < -0.39 is 0 Å². The predicted molar refractivity (Wildman–Crippen MR) is 142 cm³/mol. The van der Waals surface area contributed by atoms with E-state index in [0.29, 0.717) is 16.7 Å². The fourth-order valence-corrected chi connectivity index (χ4v) is 5.72. The van der Waals surface area contributed by atoms with Gasteiger partial charge < -0.3 is 15.1 Å². The summed E-state index contributed by atoms with van der Waals surface area (Å²) in [5, 5.41) is 10.4. The number of thiocarbonyl (C=S) groups is 1. The highest BCUT2D eigenvalue weighted by Gasteiger charge is 2.25. The number of nitrogens with zero attached hydrogens (tertiary/aromatic N) is 4. The van der Waals surface area contributed by atoms with E-state index in [1.54, 1.807) is 11.3 Å². The van der Waals surface area contributed by atoms with Gasteiger partial charge in [-0.25, -0.2) is 9.97 Å². The summed E-state index contributed by atoms with van der Waals surface area (Å²) in [6, 6.07) is 8.24. The van der Waals surface area contributed by atoms with Gasteiger partial charge in [0, 0.05) is 54.7 Å². The van der Waals surface area contributed by atoms with E-state index in [9.17, 15) is 4.79 Å². The lowest BCUT2D eigenvalue weighted by atomic mass is 9.98. The fourth-order valence-electron chi connectivity index (χ4n) is 3.64. The van der Waals surface area contributed by atoms with Crippen LogP contribution in [-0.2, 0) is 0 Å². The molecule has 2 N–H and O–H groups in total. The molecule has 7 nitrogen and oxygen atoms in total. The molecule has 0 atom stereocenters. The standard InChI is InChI=1S/C23H28N6OS3/c1-14-15(2)33-22(24-14)27-20(30)19-13-32-21(26-19)16-9-11-29(12-10-16)23(31)25-17-5-7-18(8-6-17)28(3)4/h5-8,13,16H,9-12H2,1-4H3,(H,25,31)(H,24,27,30). The normalized spacial score (nSPS) is 14.2. The van der Waals surface area contributed by atoms with E-state index in [0.717, 1.165) is 58.0 Å². The lowest BCUT2D eigenvalue weighted by Gasteiger charge is -2.33. The van der Waals surface area contributed by atoms with Crippen molar-refractivity contribution in [1.29, 1.82) is 0 Å². The Bertz CT molecular complexity index is 1110. The molecule has 0 aliphatic carbocycles. The highest BCUT2D eigenvalue weighted by Crippen LogP contribution is 2.31. The van der Waals surface area contributed by atoms with Crippen LogP contribution in [0.3, 0.4) is 0 Å². The van der Waals surface area contributed by atoms with Crippen LogP contribution in [0.15, 0.2) is 29.6 Å². The van der Waals surface area contributed by atoms with Crippen LogP contribution in [-0.4, -0.2) is 53.1 Å². The van der Waals surface area contributed by atoms with Gasteiger partial charge in [-0.1, -0.05) is 0 Å². The van der Waals surface area contributed by atoms with E-state index in [-0.39, 0.29) is 5.91 Å². The van der Waals surface area contributed by atoms with Gasteiger partial charge in [-0.05, 0) is 63.2 Å². The highest BCUT2D eigenvalue weighted by atomic mass is 32.1. The number of carbonyl (C=O) groups excluding carboxylic acids is 1. The van der Waals surface area contributed by atoms with Gasteiger partial charge in [0.15, 0.2) is 10.2 Å². The summed E-state index contributed by atoms with van der Waals surface area (Å²) < 4.78 is 0. The third kappa shape index (κ3) is 5.69. The van der Waals surface area contributed by atoms with Crippen LogP contribution >= 0.6 is 34.9 Å². The molecule has 33 heavy (non-hydrogen) atoms. The van der Waals surface area contributed by atoms with Crippen molar-refractivity contribution in [3.05, 3.63) is 50.9 Å². The lowest BCUT2D eigenvalue weighted by Crippen LogP contribution is -2.40. The molecule has 0 unspecified atom stereocenters. The summed E-state index contributed by atoms with van der Waals surface area (Å²) in [7, 11) is 4.05. The van der Waals surface area contributed by atoms with Crippen LogP contribution in [0.4, 0.5) is 16.5 Å². The molecule has 1 aliphatic heterocycles. The molecule has 1 aliphatic rings. The van der Waals surface area contributed by atoms with Gasteiger partial charge in [0.2, 0.25) is 0 Å². The number of piperidine rings is 1. The molecule has 0 bridgehead atoms. The quantitative estimate of drug-likeness (QED) is 0.472. The number of nitrogens with one attached hydrogen (secondary N) is 2. The molecule has 1 fully saturated rings. The summed E-state index contributed by atoms with van der Waals surface area (Å²) in [4.78, 5) is 27.0. The molecular formula is C23H28N6OS3. The van der Waals surface area contributed by atoms with Crippen molar-refractivity contribution >= 4 is 62.4 Å². The Kier molecular flexibility index (Phi) is 7.26. The maximum absolute atomic E-state index is 12.6. The lowest BCUT2D eigenvalue weighted by molar-refractivity contribution is 0.102. The molecule has 2 aromatic heterocycles. The van der Waals surface area contributed by atoms with Crippen molar-refractivity contribution in [2.75, 3.05) is 42.7 Å². The van der Waals surface area contributed by atoms with Crippen LogP contribution in [0, 0.1) is 13.8 Å². The Morgan fingerprint density at radius 3 is 2.42 bits per heavy atom. The molecule has 0 radical (unpaired) electrons. The number of hydrogen-bond donors (Lipinski definition) is 2. The zero-order valence-corrected chi connectivity index (χ0v) is 21.7. The topological polar surface area (TPSA) is 73.4 Å². The van der Waals surface area contributed by atoms with Gasteiger partial charge in [0.05, 0.1) is 10.7 Å². The Morgan fingerprint density at radius 2 is 1.82 bits per heavy atom. The maximum Gasteiger partial charge on any atom is 0.276 e. The molecule has 3 heterocycles. The molecule has 1 aromatic carbocycles. The fraction of sp³-hybridized carbons (Fsp3) is 0.391. The number of carbonyl (C=O) groups is 1. The SMILES string of the molecule is Cc1nc(NC(=O)c2csc(C3CCN(C(=S)Nc4ccc(N(C)C)cc4)CC3)n2)sc1C. The Morgan fingerprint density at radius 1 is 1.12 bits per heavy atom. The van der Waals surface area contributed by atoms with E-state index in [1.165, 1.54) is 11.3 Å². The zero-order chi connectivity index (χ0) is 23.5. The monoisotopic (exact) mass is 500 g/mol. The number of likely N-dealkylation sites (tertiary alicyclic amines) is 1. The average Bonchev–Trinajstić information content (AvgIpc) is 3.41. The van der Waals surface area contributed by atoms with Gasteiger partial charge >= 0.3 is 0 Å². The Hall–Kier alpha value is -2.56. The smallest absolute Gasteiger partial charge is 0.276 e. The molecule has 0 spiro atoms. The van der Waals surface area contributed by atoms with E-state index in [4.69, 9.17) is 12.2 Å². The Balaban J connectivity index is 1.29. The molecule has 4 rings (SSSR count). The van der Waals surface area contributed by atoms with Crippen LogP contribution in [0.1, 0.15) is 44.8 Å². The van der Waals surface area contributed by atoms with Crippen LogP contribution < -0.4 is 15.5 Å². The largest absolute Gasteiger partial charge is 0.378 e. The van der Waals surface area contributed by atoms with Crippen molar-refractivity contribution in [1.82, 2.24) is 14.9 Å². The van der Waals surface area contributed by atoms with Crippen molar-refractivity contribution < 1.29 is 4.79 Å². The predicted octanol–water partition coefficient (Wildman–Crippen LogP) is 5.11. The van der Waals surface area contributed by atoms with Crippen molar-refractivity contribution in [2.24, 2.45) is 0 Å². The molecule has 3 aromatic rings.